The molecule has 1 aromatic carbocycles. The SMILES string of the molecule is CCOc1ccc2nc(Sc3c(N)cncc3Br)[nH]c2c1. The van der Waals surface area contributed by atoms with Gasteiger partial charge in [0, 0.05) is 12.3 Å². The summed E-state index contributed by atoms with van der Waals surface area (Å²) in [6, 6.07) is 5.80. The number of nitrogen functional groups attached to an aromatic ring is 1. The fourth-order valence-electron chi connectivity index (χ4n) is 1.91. The molecule has 2 aromatic heterocycles. The lowest BCUT2D eigenvalue weighted by atomic mass is 10.3. The van der Waals surface area contributed by atoms with Crippen LogP contribution in [0, 0.1) is 0 Å². The van der Waals surface area contributed by atoms with Crippen LogP contribution < -0.4 is 10.5 Å². The van der Waals surface area contributed by atoms with Crippen molar-refractivity contribution in [2.24, 2.45) is 0 Å². The van der Waals surface area contributed by atoms with Crippen molar-refractivity contribution in [3.63, 3.8) is 0 Å². The zero-order valence-electron chi connectivity index (χ0n) is 11.3. The second-order valence-electron chi connectivity index (χ2n) is 4.30. The Morgan fingerprint density at radius 2 is 2.24 bits per heavy atom. The van der Waals surface area contributed by atoms with Gasteiger partial charge in [-0.05, 0) is 46.7 Å². The summed E-state index contributed by atoms with van der Waals surface area (Å²) >= 11 is 4.92. The number of pyridine rings is 1. The average Bonchev–Trinajstić information content (AvgIpc) is 2.85. The van der Waals surface area contributed by atoms with E-state index in [-0.39, 0.29) is 0 Å². The molecule has 0 fully saturated rings. The fourth-order valence-corrected chi connectivity index (χ4v) is 3.32. The first-order valence-electron chi connectivity index (χ1n) is 6.36. The second kappa shape index (κ2) is 5.95. The van der Waals surface area contributed by atoms with Crippen molar-refractivity contribution in [3.05, 3.63) is 35.1 Å². The number of hydrogen-bond acceptors (Lipinski definition) is 5. The van der Waals surface area contributed by atoms with Crippen molar-refractivity contribution in [3.8, 4) is 5.75 Å². The summed E-state index contributed by atoms with van der Waals surface area (Å²) in [7, 11) is 0. The van der Waals surface area contributed by atoms with Gasteiger partial charge in [0.2, 0.25) is 0 Å². The van der Waals surface area contributed by atoms with Crippen LogP contribution in [0.1, 0.15) is 6.92 Å². The summed E-state index contributed by atoms with van der Waals surface area (Å²) in [6.07, 6.45) is 3.34. The smallest absolute Gasteiger partial charge is 0.171 e. The summed E-state index contributed by atoms with van der Waals surface area (Å²) in [4.78, 5) is 12.7. The van der Waals surface area contributed by atoms with Gasteiger partial charge < -0.3 is 15.5 Å². The number of rotatable bonds is 4. The maximum absolute atomic E-state index is 5.95. The maximum Gasteiger partial charge on any atom is 0.171 e. The molecule has 2 heterocycles. The molecule has 0 aliphatic carbocycles. The average molecular weight is 365 g/mol. The molecule has 3 N–H and O–H groups in total. The van der Waals surface area contributed by atoms with Crippen molar-refractivity contribution in [2.45, 2.75) is 17.0 Å². The van der Waals surface area contributed by atoms with Crippen LogP contribution in [0.5, 0.6) is 5.75 Å². The van der Waals surface area contributed by atoms with Crippen molar-refractivity contribution in [1.82, 2.24) is 15.0 Å². The summed E-state index contributed by atoms with van der Waals surface area (Å²) < 4.78 is 6.34. The monoisotopic (exact) mass is 364 g/mol. The van der Waals surface area contributed by atoms with Crippen molar-refractivity contribution >= 4 is 44.4 Å². The number of nitrogens with one attached hydrogen (secondary N) is 1. The minimum atomic E-state index is 0.616. The van der Waals surface area contributed by atoms with Crippen LogP contribution in [0.25, 0.3) is 11.0 Å². The van der Waals surface area contributed by atoms with Crippen LogP contribution in [0.2, 0.25) is 0 Å². The first kappa shape index (κ1) is 14.2. The van der Waals surface area contributed by atoms with Crippen LogP contribution in [-0.2, 0) is 0 Å². The van der Waals surface area contributed by atoms with Crippen LogP contribution in [0.3, 0.4) is 0 Å². The summed E-state index contributed by atoms with van der Waals surface area (Å²) in [5.41, 5.74) is 8.40. The van der Waals surface area contributed by atoms with Gasteiger partial charge in [0.15, 0.2) is 5.16 Å². The highest BCUT2D eigenvalue weighted by Crippen LogP contribution is 2.36. The summed E-state index contributed by atoms with van der Waals surface area (Å²) in [5.74, 6) is 0.829. The summed E-state index contributed by atoms with van der Waals surface area (Å²) in [5, 5.41) is 0.775. The molecular formula is C14H13BrN4OS. The molecule has 21 heavy (non-hydrogen) atoms. The van der Waals surface area contributed by atoms with Gasteiger partial charge in [-0.3, -0.25) is 4.98 Å². The molecular weight excluding hydrogens is 352 g/mol. The highest BCUT2D eigenvalue weighted by Gasteiger charge is 2.11. The van der Waals surface area contributed by atoms with E-state index in [1.165, 1.54) is 11.8 Å². The number of hydrogen-bond donors (Lipinski definition) is 2. The Balaban J connectivity index is 1.94. The van der Waals surface area contributed by atoms with Crippen LogP contribution >= 0.6 is 27.7 Å². The van der Waals surface area contributed by atoms with Gasteiger partial charge in [0.25, 0.3) is 0 Å². The number of benzene rings is 1. The molecule has 0 atom stereocenters. The number of anilines is 1. The number of ether oxygens (including phenoxy) is 1. The Hall–Kier alpha value is -1.73. The number of aromatic nitrogens is 3. The molecule has 108 valence electrons. The van der Waals surface area contributed by atoms with E-state index in [1.807, 2.05) is 25.1 Å². The number of imidazole rings is 1. The third kappa shape index (κ3) is 2.98. The van der Waals surface area contributed by atoms with E-state index < -0.39 is 0 Å². The van der Waals surface area contributed by atoms with Gasteiger partial charge >= 0.3 is 0 Å². The second-order valence-corrected chi connectivity index (χ2v) is 6.15. The Morgan fingerprint density at radius 1 is 1.38 bits per heavy atom. The van der Waals surface area contributed by atoms with Crippen molar-refractivity contribution < 1.29 is 4.74 Å². The molecule has 0 unspecified atom stereocenters. The number of nitrogens with two attached hydrogens (primary N) is 1. The predicted molar refractivity (Wildman–Crippen MR) is 87.7 cm³/mol. The number of nitrogens with zero attached hydrogens (tertiary/aromatic N) is 2. The Labute approximate surface area is 134 Å². The number of H-pyrrole nitrogens is 1. The van der Waals surface area contributed by atoms with Gasteiger partial charge in [-0.15, -0.1) is 0 Å². The summed E-state index contributed by atoms with van der Waals surface area (Å²) in [6.45, 7) is 2.60. The lowest BCUT2D eigenvalue weighted by Crippen LogP contribution is -1.91. The normalized spacial score (nSPS) is 11.0. The Bertz CT molecular complexity index is 769. The van der Waals surface area contributed by atoms with Crippen LogP contribution in [-0.4, -0.2) is 21.6 Å². The third-order valence-electron chi connectivity index (χ3n) is 2.82. The minimum absolute atomic E-state index is 0.616. The first-order chi connectivity index (χ1) is 10.2. The standard InChI is InChI=1S/C14H13BrN4OS/c1-2-20-8-3-4-11-12(5-8)19-14(18-11)21-13-9(15)6-17-7-10(13)16/h3-7H,2,16H2,1H3,(H,18,19). The maximum atomic E-state index is 5.95. The van der Waals surface area contributed by atoms with E-state index >= 15 is 0 Å². The number of aromatic amines is 1. The Kier molecular flexibility index (Phi) is 4.03. The van der Waals surface area contributed by atoms with E-state index in [1.54, 1.807) is 12.4 Å². The molecule has 0 radical (unpaired) electrons. The quantitative estimate of drug-likeness (QED) is 0.734. The molecule has 3 aromatic rings. The molecule has 0 saturated heterocycles. The predicted octanol–water partition coefficient (Wildman–Crippen LogP) is 3.85. The molecule has 7 heteroatoms. The van der Waals surface area contributed by atoms with Gasteiger partial charge in [-0.25, -0.2) is 4.98 Å². The highest BCUT2D eigenvalue weighted by atomic mass is 79.9. The number of fused-ring (bicyclic) bond motifs is 1. The molecule has 3 rings (SSSR count). The van der Waals surface area contributed by atoms with E-state index in [9.17, 15) is 0 Å². The van der Waals surface area contributed by atoms with Gasteiger partial charge in [0.1, 0.15) is 5.75 Å². The van der Waals surface area contributed by atoms with Crippen LogP contribution in [0.15, 0.2) is 45.1 Å². The molecule has 0 amide bonds. The third-order valence-corrected chi connectivity index (χ3v) is 4.73. The molecule has 5 nitrogen and oxygen atoms in total. The lowest BCUT2D eigenvalue weighted by molar-refractivity contribution is 0.340. The molecule has 0 aliphatic rings. The molecule has 0 spiro atoms. The van der Waals surface area contributed by atoms with Gasteiger partial charge in [-0.1, -0.05) is 0 Å². The van der Waals surface area contributed by atoms with Gasteiger partial charge in [-0.2, -0.15) is 0 Å². The zero-order chi connectivity index (χ0) is 14.8. The zero-order valence-corrected chi connectivity index (χ0v) is 13.7. The van der Waals surface area contributed by atoms with E-state index in [0.29, 0.717) is 12.3 Å². The molecule has 0 aliphatic heterocycles. The van der Waals surface area contributed by atoms with E-state index in [2.05, 4.69) is 30.9 Å². The largest absolute Gasteiger partial charge is 0.494 e. The first-order valence-corrected chi connectivity index (χ1v) is 7.97. The topological polar surface area (TPSA) is 76.8 Å². The van der Waals surface area contributed by atoms with Gasteiger partial charge in [0.05, 0.1) is 38.9 Å². The molecule has 0 bridgehead atoms. The van der Waals surface area contributed by atoms with Crippen molar-refractivity contribution in [2.75, 3.05) is 12.3 Å². The number of halogens is 1. The molecule has 0 saturated carbocycles. The van der Waals surface area contributed by atoms with Crippen molar-refractivity contribution in [1.29, 1.82) is 0 Å². The fraction of sp³-hybridized carbons (Fsp3) is 0.143. The lowest BCUT2D eigenvalue weighted by Gasteiger charge is -2.04. The van der Waals surface area contributed by atoms with E-state index in [4.69, 9.17) is 10.5 Å². The van der Waals surface area contributed by atoms with E-state index in [0.717, 1.165) is 31.3 Å². The highest BCUT2D eigenvalue weighted by molar-refractivity contribution is 9.10. The van der Waals surface area contributed by atoms with Crippen LogP contribution in [0.4, 0.5) is 5.69 Å². The Morgan fingerprint density at radius 3 is 3.00 bits per heavy atom. The minimum Gasteiger partial charge on any atom is -0.494 e.